The standard InChI is InChI=1S/C21H26N2O3S2/c1-14-9-10-27-19(14)7-8-20(24)23-12-18-15(2)21(18,13-23)16-5-4-6-17(11-16)22-28(3,25)26/h4-6,9-11,15,18,22H,7-8,12-13H2,1-3H3. The zero-order chi connectivity index (χ0) is 20.1. The van der Waals surface area contributed by atoms with Gasteiger partial charge in [-0.1, -0.05) is 19.1 Å². The number of nitrogens with zero attached hydrogens (tertiary/aromatic N) is 1. The minimum atomic E-state index is -3.31. The summed E-state index contributed by atoms with van der Waals surface area (Å²) >= 11 is 1.72. The van der Waals surface area contributed by atoms with Gasteiger partial charge in [-0.3, -0.25) is 9.52 Å². The molecule has 2 aliphatic rings. The summed E-state index contributed by atoms with van der Waals surface area (Å²) in [7, 11) is -3.31. The second-order valence-electron chi connectivity index (χ2n) is 8.19. The summed E-state index contributed by atoms with van der Waals surface area (Å²) < 4.78 is 25.7. The van der Waals surface area contributed by atoms with Gasteiger partial charge in [-0.05, 0) is 59.9 Å². The number of rotatable bonds is 6. The first-order chi connectivity index (χ1) is 13.2. The number of nitrogens with one attached hydrogen (secondary N) is 1. The van der Waals surface area contributed by atoms with Gasteiger partial charge in [-0.25, -0.2) is 8.42 Å². The highest BCUT2D eigenvalue weighted by atomic mass is 32.2. The average molecular weight is 419 g/mol. The molecule has 0 spiro atoms. The van der Waals surface area contributed by atoms with Crippen molar-refractivity contribution in [2.24, 2.45) is 11.8 Å². The lowest BCUT2D eigenvalue weighted by molar-refractivity contribution is -0.130. The molecule has 1 aromatic carbocycles. The summed E-state index contributed by atoms with van der Waals surface area (Å²) in [6.07, 6.45) is 2.51. The van der Waals surface area contributed by atoms with E-state index in [-0.39, 0.29) is 11.3 Å². The molecule has 1 saturated heterocycles. The van der Waals surface area contributed by atoms with Crippen molar-refractivity contribution in [3.05, 3.63) is 51.7 Å². The van der Waals surface area contributed by atoms with Gasteiger partial charge >= 0.3 is 0 Å². The summed E-state index contributed by atoms with van der Waals surface area (Å²) in [6, 6.07) is 9.76. The molecule has 2 fully saturated rings. The lowest BCUT2D eigenvalue weighted by Gasteiger charge is -2.24. The molecule has 4 rings (SSSR count). The minimum Gasteiger partial charge on any atom is -0.341 e. The van der Waals surface area contributed by atoms with Crippen LogP contribution in [0.4, 0.5) is 5.69 Å². The Morgan fingerprint density at radius 1 is 1.36 bits per heavy atom. The third kappa shape index (κ3) is 3.46. The van der Waals surface area contributed by atoms with Gasteiger partial charge in [0.2, 0.25) is 15.9 Å². The average Bonchev–Trinajstić information content (AvgIpc) is 2.98. The molecule has 3 unspecified atom stereocenters. The molecule has 0 bridgehead atoms. The normalized spacial score (nSPS) is 26.2. The van der Waals surface area contributed by atoms with Crippen molar-refractivity contribution in [1.29, 1.82) is 0 Å². The molecule has 150 valence electrons. The number of benzene rings is 1. The van der Waals surface area contributed by atoms with E-state index in [1.165, 1.54) is 10.4 Å². The fourth-order valence-electron chi connectivity index (χ4n) is 4.81. The van der Waals surface area contributed by atoms with Crippen LogP contribution in [0.2, 0.25) is 0 Å². The smallest absolute Gasteiger partial charge is 0.229 e. The summed E-state index contributed by atoms with van der Waals surface area (Å²) in [5, 5.41) is 2.08. The fraction of sp³-hybridized carbons (Fsp3) is 0.476. The van der Waals surface area contributed by atoms with Gasteiger partial charge in [-0.2, -0.15) is 0 Å². The van der Waals surface area contributed by atoms with E-state index < -0.39 is 10.0 Å². The second-order valence-corrected chi connectivity index (χ2v) is 10.9. The molecule has 2 aromatic rings. The molecule has 3 atom stereocenters. The highest BCUT2D eigenvalue weighted by Crippen LogP contribution is 2.64. The van der Waals surface area contributed by atoms with Crippen molar-refractivity contribution in [2.45, 2.75) is 32.1 Å². The van der Waals surface area contributed by atoms with Crippen molar-refractivity contribution < 1.29 is 13.2 Å². The Hall–Kier alpha value is -1.86. The van der Waals surface area contributed by atoms with Crippen LogP contribution in [0.3, 0.4) is 0 Å². The molecule has 1 amide bonds. The molecule has 1 aromatic heterocycles. The molecular weight excluding hydrogens is 392 g/mol. The third-order valence-electron chi connectivity index (χ3n) is 6.43. The van der Waals surface area contributed by atoms with Crippen molar-refractivity contribution in [1.82, 2.24) is 4.90 Å². The largest absolute Gasteiger partial charge is 0.341 e. The van der Waals surface area contributed by atoms with Crippen molar-refractivity contribution >= 4 is 33.0 Å². The van der Waals surface area contributed by atoms with Crippen LogP contribution in [0.1, 0.15) is 29.3 Å². The number of thiophene rings is 1. The lowest BCUT2D eigenvalue weighted by Crippen LogP contribution is -2.34. The number of hydrogen-bond donors (Lipinski definition) is 1. The van der Waals surface area contributed by atoms with E-state index in [0.29, 0.717) is 23.9 Å². The van der Waals surface area contributed by atoms with Crippen molar-refractivity contribution in [3.8, 4) is 0 Å². The van der Waals surface area contributed by atoms with Crippen molar-refractivity contribution in [2.75, 3.05) is 24.1 Å². The number of fused-ring (bicyclic) bond motifs is 1. The Morgan fingerprint density at radius 2 is 2.14 bits per heavy atom. The van der Waals surface area contributed by atoms with Crippen LogP contribution in [-0.2, 0) is 26.7 Å². The zero-order valence-corrected chi connectivity index (χ0v) is 18.1. The van der Waals surface area contributed by atoms with Gasteiger partial charge in [-0.15, -0.1) is 11.3 Å². The Labute approximate surface area is 170 Å². The number of aryl methyl sites for hydroxylation is 2. The maximum Gasteiger partial charge on any atom is 0.229 e. The van der Waals surface area contributed by atoms with Crippen LogP contribution < -0.4 is 4.72 Å². The monoisotopic (exact) mass is 418 g/mol. The van der Waals surface area contributed by atoms with E-state index in [4.69, 9.17) is 0 Å². The van der Waals surface area contributed by atoms with Gasteiger partial charge in [0.25, 0.3) is 0 Å². The van der Waals surface area contributed by atoms with Gasteiger partial charge < -0.3 is 4.90 Å². The number of piperidine rings is 1. The number of carbonyl (C=O) groups is 1. The molecule has 1 saturated carbocycles. The zero-order valence-electron chi connectivity index (χ0n) is 16.4. The highest BCUT2D eigenvalue weighted by molar-refractivity contribution is 7.92. The maximum absolute atomic E-state index is 12.8. The summed E-state index contributed by atoms with van der Waals surface area (Å²) in [6.45, 7) is 5.85. The van der Waals surface area contributed by atoms with Gasteiger partial charge in [0.15, 0.2) is 0 Å². The van der Waals surface area contributed by atoms with Gasteiger partial charge in [0.05, 0.1) is 6.26 Å². The third-order valence-corrected chi connectivity index (χ3v) is 8.12. The van der Waals surface area contributed by atoms with E-state index in [1.807, 2.05) is 17.0 Å². The van der Waals surface area contributed by atoms with E-state index in [0.717, 1.165) is 31.3 Å². The Kier molecular flexibility index (Phi) is 4.78. The summed E-state index contributed by atoms with van der Waals surface area (Å²) in [4.78, 5) is 16.1. The van der Waals surface area contributed by atoms with Gasteiger partial charge in [0.1, 0.15) is 0 Å². The highest BCUT2D eigenvalue weighted by Gasteiger charge is 2.67. The van der Waals surface area contributed by atoms with E-state index in [1.54, 1.807) is 17.4 Å². The number of hydrogen-bond acceptors (Lipinski definition) is 4. The van der Waals surface area contributed by atoms with Crippen LogP contribution >= 0.6 is 11.3 Å². The number of likely N-dealkylation sites (tertiary alicyclic amines) is 1. The fourth-order valence-corrected chi connectivity index (χ4v) is 6.27. The summed E-state index contributed by atoms with van der Waals surface area (Å²) in [5.74, 6) is 1.18. The SMILES string of the molecule is Cc1ccsc1CCC(=O)N1CC2C(C)C2(c2cccc(NS(C)(=O)=O)c2)C1. The number of anilines is 1. The van der Waals surface area contributed by atoms with Crippen LogP contribution in [0.25, 0.3) is 0 Å². The topological polar surface area (TPSA) is 66.5 Å². The van der Waals surface area contributed by atoms with Crippen LogP contribution in [-0.4, -0.2) is 38.6 Å². The minimum absolute atomic E-state index is 0.0380. The Balaban J connectivity index is 1.47. The molecule has 1 N–H and O–H groups in total. The molecule has 1 aliphatic carbocycles. The van der Waals surface area contributed by atoms with E-state index in [9.17, 15) is 13.2 Å². The first-order valence-electron chi connectivity index (χ1n) is 9.60. The van der Waals surface area contributed by atoms with E-state index >= 15 is 0 Å². The number of amides is 1. The second kappa shape index (κ2) is 6.88. The Bertz CT molecular complexity index is 1010. The van der Waals surface area contributed by atoms with E-state index in [2.05, 4.69) is 36.1 Å². The molecular formula is C21H26N2O3S2. The van der Waals surface area contributed by atoms with Gasteiger partial charge in [0, 0.05) is 35.5 Å². The van der Waals surface area contributed by atoms with Crippen LogP contribution in [0, 0.1) is 18.8 Å². The van der Waals surface area contributed by atoms with Crippen molar-refractivity contribution in [3.63, 3.8) is 0 Å². The van der Waals surface area contributed by atoms with Crippen LogP contribution in [0.15, 0.2) is 35.7 Å². The first kappa shape index (κ1) is 19.5. The molecule has 0 radical (unpaired) electrons. The number of carbonyl (C=O) groups excluding carboxylic acids is 1. The number of sulfonamides is 1. The predicted octanol–water partition coefficient (Wildman–Crippen LogP) is 3.41. The molecule has 2 heterocycles. The Morgan fingerprint density at radius 3 is 2.82 bits per heavy atom. The maximum atomic E-state index is 12.8. The quantitative estimate of drug-likeness (QED) is 0.782. The molecule has 5 nitrogen and oxygen atoms in total. The first-order valence-corrected chi connectivity index (χ1v) is 12.4. The predicted molar refractivity (Wildman–Crippen MR) is 113 cm³/mol. The summed E-state index contributed by atoms with van der Waals surface area (Å²) in [5.41, 5.74) is 2.94. The van der Waals surface area contributed by atoms with Crippen LogP contribution in [0.5, 0.6) is 0 Å². The lowest BCUT2D eigenvalue weighted by atomic mass is 9.92. The molecule has 28 heavy (non-hydrogen) atoms. The molecule has 7 heteroatoms. The molecule has 1 aliphatic heterocycles.